The smallest absolute Gasteiger partial charge is 0.136 e. The van der Waals surface area contributed by atoms with Gasteiger partial charge in [0.15, 0.2) is 0 Å². The molecule has 2 unspecified atom stereocenters. The molecule has 0 heterocycles. The predicted molar refractivity (Wildman–Crippen MR) is 63.9 cm³/mol. The molecule has 1 aliphatic rings. The summed E-state index contributed by atoms with van der Waals surface area (Å²) in [7, 11) is 3.33. The van der Waals surface area contributed by atoms with Crippen LogP contribution in [-0.4, -0.2) is 38.5 Å². The first-order valence-corrected chi connectivity index (χ1v) is 6.23. The van der Waals surface area contributed by atoms with Gasteiger partial charge in [-0.1, -0.05) is 0 Å². The van der Waals surface area contributed by atoms with Gasteiger partial charge >= 0.3 is 0 Å². The Morgan fingerprint density at radius 1 is 1.29 bits per heavy atom. The zero-order chi connectivity index (χ0) is 12.7. The maximum Gasteiger partial charge on any atom is 0.136 e. The van der Waals surface area contributed by atoms with Crippen molar-refractivity contribution in [3.05, 3.63) is 0 Å². The summed E-state index contributed by atoms with van der Waals surface area (Å²) in [6, 6.07) is 0. The monoisotopic (exact) mass is 242 g/mol. The fourth-order valence-electron chi connectivity index (χ4n) is 2.28. The maximum absolute atomic E-state index is 11.7. The van der Waals surface area contributed by atoms with Crippen LogP contribution in [0.1, 0.15) is 38.5 Å². The zero-order valence-electron chi connectivity index (χ0n) is 10.7. The van der Waals surface area contributed by atoms with Gasteiger partial charge in [-0.05, 0) is 19.3 Å². The van der Waals surface area contributed by atoms with Crippen LogP contribution in [0.25, 0.3) is 0 Å². The molecule has 4 heteroatoms. The van der Waals surface area contributed by atoms with Crippen LogP contribution in [-0.2, 0) is 19.1 Å². The highest BCUT2D eigenvalue weighted by Crippen LogP contribution is 2.24. The lowest BCUT2D eigenvalue weighted by atomic mass is 9.83. The number of carbonyl (C=O) groups is 2. The van der Waals surface area contributed by atoms with Crippen molar-refractivity contribution in [2.45, 2.75) is 44.6 Å². The average Bonchev–Trinajstić information content (AvgIpc) is 2.32. The van der Waals surface area contributed by atoms with Gasteiger partial charge in [-0.25, -0.2) is 0 Å². The van der Waals surface area contributed by atoms with Crippen LogP contribution in [0.5, 0.6) is 0 Å². The second kappa shape index (κ2) is 7.56. The molecule has 0 bridgehead atoms. The molecular weight excluding hydrogens is 220 g/mol. The summed E-state index contributed by atoms with van der Waals surface area (Å²) in [5.74, 6) is 0.309. The number of hydrogen-bond donors (Lipinski definition) is 0. The fourth-order valence-corrected chi connectivity index (χ4v) is 2.28. The van der Waals surface area contributed by atoms with Gasteiger partial charge in [0, 0.05) is 46.0 Å². The maximum atomic E-state index is 11.7. The second-order valence-corrected chi connectivity index (χ2v) is 4.63. The topological polar surface area (TPSA) is 52.6 Å². The van der Waals surface area contributed by atoms with Gasteiger partial charge in [0.05, 0.1) is 6.10 Å². The van der Waals surface area contributed by atoms with E-state index < -0.39 is 0 Å². The van der Waals surface area contributed by atoms with Gasteiger partial charge in [0.25, 0.3) is 0 Å². The Morgan fingerprint density at radius 2 is 2.06 bits per heavy atom. The van der Waals surface area contributed by atoms with Crippen molar-refractivity contribution in [2.24, 2.45) is 5.92 Å². The predicted octanol–water partition coefficient (Wildman–Crippen LogP) is 1.76. The molecule has 0 aliphatic heterocycles. The standard InChI is InChI=1S/C13H22O4/c1-16-7-3-4-12(17-2)9-10-8-11(14)5-6-13(10)15/h10,12H,3-9H2,1-2H3. The molecule has 0 aromatic heterocycles. The van der Waals surface area contributed by atoms with Crippen LogP contribution < -0.4 is 0 Å². The Balaban J connectivity index is 2.37. The van der Waals surface area contributed by atoms with E-state index in [0.717, 1.165) is 12.8 Å². The number of methoxy groups -OCH3 is 2. The minimum atomic E-state index is -0.122. The third-order valence-corrected chi connectivity index (χ3v) is 3.33. The van der Waals surface area contributed by atoms with Crippen molar-refractivity contribution in [1.29, 1.82) is 0 Å². The Kier molecular flexibility index (Phi) is 6.37. The number of carbonyl (C=O) groups excluding carboxylic acids is 2. The number of ether oxygens (including phenoxy) is 2. The minimum Gasteiger partial charge on any atom is -0.385 e. The molecule has 1 saturated carbocycles. The summed E-state index contributed by atoms with van der Waals surface area (Å²) < 4.78 is 10.4. The van der Waals surface area contributed by atoms with Crippen LogP contribution in [0.15, 0.2) is 0 Å². The minimum absolute atomic E-state index is 0.0602. The van der Waals surface area contributed by atoms with Gasteiger partial charge in [0.2, 0.25) is 0 Å². The highest BCUT2D eigenvalue weighted by molar-refractivity contribution is 5.94. The van der Waals surface area contributed by atoms with Crippen molar-refractivity contribution in [3.63, 3.8) is 0 Å². The summed E-state index contributed by atoms with van der Waals surface area (Å²) in [5, 5.41) is 0. The summed E-state index contributed by atoms with van der Waals surface area (Å²) in [5.41, 5.74) is 0. The third kappa shape index (κ3) is 4.96. The number of hydrogen-bond acceptors (Lipinski definition) is 4. The SMILES string of the molecule is COCCCC(CC1CC(=O)CCC1=O)OC. The molecule has 1 fully saturated rings. The quantitative estimate of drug-likeness (QED) is 0.638. The van der Waals surface area contributed by atoms with Crippen molar-refractivity contribution < 1.29 is 19.1 Å². The van der Waals surface area contributed by atoms with Gasteiger partial charge < -0.3 is 9.47 Å². The van der Waals surface area contributed by atoms with Crippen LogP contribution in [0.2, 0.25) is 0 Å². The Bertz CT molecular complexity index is 262. The average molecular weight is 242 g/mol. The Hall–Kier alpha value is -0.740. The molecular formula is C13H22O4. The second-order valence-electron chi connectivity index (χ2n) is 4.63. The Labute approximate surface area is 103 Å². The molecule has 1 aliphatic carbocycles. The molecule has 17 heavy (non-hydrogen) atoms. The number of ketones is 2. The van der Waals surface area contributed by atoms with E-state index in [9.17, 15) is 9.59 Å². The van der Waals surface area contributed by atoms with E-state index in [2.05, 4.69) is 0 Å². The lowest BCUT2D eigenvalue weighted by Gasteiger charge is -2.24. The van der Waals surface area contributed by atoms with Crippen LogP contribution in [0, 0.1) is 5.92 Å². The molecule has 1 rings (SSSR count). The highest BCUT2D eigenvalue weighted by Gasteiger charge is 2.29. The van der Waals surface area contributed by atoms with E-state index in [1.54, 1.807) is 14.2 Å². The molecule has 0 aromatic carbocycles. The number of rotatable bonds is 7. The van der Waals surface area contributed by atoms with E-state index >= 15 is 0 Å². The first-order valence-electron chi connectivity index (χ1n) is 6.23. The van der Waals surface area contributed by atoms with E-state index in [4.69, 9.17) is 9.47 Å². The van der Waals surface area contributed by atoms with Crippen LogP contribution >= 0.6 is 0 Å². The summed E-state index contributed by atoms with van der Waals surface area (Å²) >= 11 is 0. The molecule has 0 spiro atoms. The van der Waals surface area contributed by atoms with Crippen molar-refractivity contribution in [2.75, 3.05) is 20.8 Å². The van der Waals surface area contributed by atoms with E-state index in [1.807, 2.05) is 0 Å². The van der Waals surface area contributed by atoms with E-state index in [-0.39, 0.29) is 23.6 Å². The van der Waals surface area contributed by atoms with Crippen molar-refractivity contribution >= 4 is 11.6 Å². The van der Waals surface area contributed by atoms with Gasteiger partial charge in [-0.3, -0.25) is 9.59 Å². The zero-order valence-corrected chi connectivity index (χ0v) is 10.7. The molecule has 2 atom stereocenters. The summed E-state index contributed by atoms with van der Waals surface area (Å²) in [4.78, 5) is 23.0. The van der Waals surface area contributed by atoms with Gasteiger partial charge in [-0.2, -0.15) is 0 Å². The molecule has 0 saturated heterocycles. The summed E-state index contributed by atoms with van der Waals surface area (Å²) in [6.07, 6.45) is 3.78. The largest absolute Gasteiger partial charge is 0.385 e. The molecule has 0 radical (unpaired) electrons. The first kappa shape index (κ1) is 14.3. The van der Waals surface area contributed by atoms with Gasteiger partial charge in [-0.15, -0.1) is 0 Å². The lowest BCUT2D eigenvalue weighted by Crippen LogP contribution is -2.29. The van der Waals surface area contributed by atoms with Crippen molar-refractivity contribution in [3.8, 4) is 0 Å². The fraction of sp³-hybridized carbons (Fsp3) is 0.846. The normalized spacial score (nSPS) is 22.8. The van der Waals surface area contributed by atoms with Crippen LogP contribution in [0.3, 0.4) is 0 Å². The lowest BCUT2D eigenvalue weighted by molar-refractivity contribution is -0.134. The number of Topliss-reactive ketones (excluding diaryl/α,β-unsaturated/α-hetero) is 2. The molecule has 0 amide bonds. The first-order chi connectivity index (χ1) is 8.17. The van der Waals surface area contributed by atoms with Crippen LogP contribution in [0.4, 0.5) is 0 Å². The van der Waals surface area contributed by atoms with Crippen molar-refractivity contribution in [1.82, 2.24) is 0 Å². The Morgan fingerprint density at radius 3 is 2.71 bits per heavy atom. The molecule has 0 N–H and O–H groups in total. The third-order valence-electron chi connectivity index (χ3n) is 3.33. The molecule has 98 valence electrons. The summed E-state index contributed by atoms with van der Waals surface area (Å²) in [6.45, 7) is 0.706. The van der Waals surface area contributed by atoms with E-state index in [0.29, 0.717) is 32.3 Å². The van der Waals surface area contributed by atoms with Gasteiger partial charge in [0.1, 0.15) is 11.6 Å². The molecule has 4 nitrogen and oxygen atoms in total. The molecule has 0 aromatic rings. The van der Waals surface area contributed by atoms with E-state index in [1.165, 1.54) is 0 Å². The highest BCUT2D eigenvalue weighted by atomic mass is 16.5.